The summed E-state index contributed by atoms with van der Waals surface area (Å²) in [6.45, 7) is 4.43. The van der Waals surface area contributed by atoms with Gasteiger partial charge in [0.05, 0.1) is 16.0 Å². The van der Waals surface area contributed by atoms with Crippen LogP contribution < -0.4 is 29.6 Å². The van der Waals surface area contributed by atoms with Crippen molar-refractivity contribution in [2.45, 2.75) is 263 Å². The SMILES string of the molecule is CCCCCCCCCCCCCCCCCCCC/C=C/COC(=O)c1cccc(S(=O)(=O)[O-])c1C(=O)OC/C=C/CCCCCCCCCCCCCCCCCCCC.[Na+]. The molecule has 1 aromatic rings. The molecule has 0 aliphatic heterocycles. The molecule has 0 aliphatic rings. The maximum absolute atomic E-state index is 13.0. The van der Waals surface area contributed by atoms with Crippen LogP contribution in [0.4, 0.5) is 0 Å². The molecule has 0 saturated heterocycles. The van der Waals surface area contributed by atoms with Crippen LogP contribution in [0.2, 0.25) is 0 Å². The monoisotopic (exact) mass is 909 g/mol. The fourth-order valence-electron chi connectivity index (χ4n) is 8.22. The molecule has 0 N–H and O–H groups in total. The summed E-state index contributed by atoms with van der Waals surface area (Å²) in [5.41, 5.74) is -0.876. The van der Waals surface area contributed by atoms with Crippen LogP contribution in [-0.4, -0.2) is 38.1 Å². The average molecular weight is 909 g/mol. The summed E-state index contributed by atoms with van der Waals surface area (Å²) >= 11 is 0. The molecular weight excluding hydrogens is 816 g/mol. The van der Waals surface area contributed by atoms with E-state index in [-0.39, 0.29) is 48.3 Å². The maximum atomic E-state index is 13.0. The summed E-state index contributed by atoms with van der Waals surface area (Å²) in [5, 5.41) is 0. The molecule has 63 heavy (non-hydrogen) atoms. The van der Waals surface area contributed by atoms with Gasteiger partial charge in [0.25, 0.3) is 0 Å². The van der Waals surface area contributed by atoms with Crippen molar-refractivity contribution in [1.29, 1.82) is 0 Å². The molecule has 1 aromatic carbocycles. The molecule has 9 heteroatoms. The number of carbonyl (C=O) groups excluding carboxylic acids is 2. The van der Waals surface area contributed by atoms with Crippen molar-refractivity contribution in [3.8, 4) is 0 Å². The fourth-order valence-corrected chi connectivity index (χ4v) is 8.91. The topological polar surface area (TPSA) is 110 Å². The Labute approximate surface area is 410 Å². The summed E-state index contributed by atoms with van der Waals surface area (Å²) in [4.78, 5) is 25.2. The molecule has 0 spiro atoms. The summed E-state index contributed by atoms with van der Waals surface area (Å²) < 4.78 is 46.7. The number of rotatable bonds is 45. The normalized spacial score (nSPS) is 11.7. The molecule has 0 saturated carbocycles. The number of benzene rings is 1. The molecule has 0 heterocycles. The Balaban J connectivity index is 0.0000384. The minimum absolute atomic E-state index is 0. The van der Waals surface area contributed by atoms with Crippen molar-refractivity contribution in [2.75, 3.05) is 13.2 Å². The first kappa shape index (κ1) is 61.5. The van der Waals surface area contributed by atoms with Crippen molar-refractivity contribution < 1.29 is 61.6 Å². The Morgan fingerprint density at radius 2 is 0.730 bits per heavy atom. The standard InChI is InChI=1S/C54H94O7S.Na/c1-3-5-7-9-11-13-15-17-19-21-23-25-27-29-31-33-35-37-39-41-43-48-60-53(55)50-46-45-47-51(62(57,58)59)52(50)54(56)61-49-44-42-40-38-36-34-32-30-28-26-24-22-20-18-16-14-12-10-8-6-4-2;/h41-47H,3-40,48-49H2,1-2H3,(H,57,58,59);/q;+1/p-1/b43-41+,44-42+;. The summed E-state index contributed by atoms with van der Waals surface area (Å²) in [5.74, 6) is -1.93. The third-order valence-electron chi connectivity index (χ3n) is 12.1. The smallest absolute Gasteiger partial charge is 0.744 e. The minimum atomic E-state index is -5.05. The minimum Gasteiger partial charge on any atom is -0.744 e. The van der Waals surface area contributed by atoms with E-state index in [1.54, 1.807) is 12.2 Å². The number of hydrogen-bond acceptors (Lipinski definition) is 7. The Morgan fingerprint density at radius 3 is 1.03 bits per heavy atom. The van der Waals surface area contributed by atoms with Gasteiger partial charge in [0.1, 0.15) is 23.3 Å². The predicted molar refractivity (Wildman–Crippen MR) is 260 cm³/mol. The summed E-state index contributed by atoms with van der Waals surface area (Å²) in [6.07, 6.45) is 57.2. The van der Waals surface area contributed by atoms with Crippen molar-refractivity contribution in [2.24, 2.45) is 0 Å². The third-order valence-corrected chi connectivity index (χ3v) is 13.0. The molecule has 0 radical (unpaired) electrons. The van der Waals surface area contributed by atoms with E-state index >= 15 is 0 Å². The summed E-state index contributed by atoms with van der Waals surface area (Å²) in [6, 6.07) is 3.55. The van der Waals surface area contributed by atoms with E-state index < -0.39 is 32.5 Å². The fraction of sp³-hybridized carbons (Fsp3) is 0.778. The first-order valence-corrected chi connectivity index (χ1v) is 27.5. The van der Waals surface area contributed by atoms with Crippen LogP contribution in [-0.2, 0) is 19.6 Å². The van der Waals surface area contributed by atoms with Crippen LogP contribution in [0, 0.1) is 0 Å². The van der Waals surface area contributed by atoms with Gasteiger partial charge in [-0.3, -0.25) is 0 Å². The van der Waals surface area contributed by atoms with Crippen molar-refractivity contribution in [3.63, 3.8) is 0 Å². The first-order chi connectivity index (χ1) is 30.3. The number of ether oxygens (including phenoxy) is 2. The van der Waals surface area contributed by atoms with Gasteiger partial charge in [-0.05, 0) is 37.8 Å². The van der Waals surface area contributed by atoms with Crippen LogP contribution in [0.5, 0.6) is 0 Å². The van der Waals surface area contributed by atoms with E-state index in [4.69, 9.17) is 9.47 Å². The molecule has 0 unspecified atom stereocenters. The second-order valence-electron chi connectivity index (χ2n) is 17.9. The molecule has 0 aromatic heterocycles. The summed E-state index contributed by atoms with van der Waals surface area (Å²) in [7, 11) is -5.05. The van der Waals surface area contributed by atoms with Gasteiger partial charge in [-0.25, -0.2) is 18.0 Å². The van der Waals surface area contributed by atoms with Crippen LogP contribution >= 0.6 is 0 Å². The van der Waals surface area contributed by atoms with E-state index in [1.165, 1.54) is 224 Å². The van der Waals surface area contributed by atoms with Gasteiger partial charge < -0.3 is 14.0 Å². The van der Waals surface area contributed by atoms with E-state index in [2.05, 4.69) is 13.8 Å². The van der Waals surface area contributed by atoms with Gasteiger partial charge in [0.15, 0.2) is 0 Å². The number of allylic oxidation sites excluding steroid dienone is 2. The molecule has 0 aliphatic carbocycles. The van der Waals surface area contributed by atoms with Crippen molar-refractivity contribution in [1.82, 2.24) is 0 Å². The Kier molecular flexibility index (Phi) is 44.6. The van der Waals surface area contributed by atoms with Crippen molar-refractivity contribution in [3.05, 3.63) is 53.6 Å². The molecule has 0 atom stereocenters. The van der Waals surface area contributed by atoms with Crippen LogP contribution in [0.3, 0.4) is 0 Å². The number of unbranched alkanes of at least 4 members (excludes halogenated alkanes) is 36. The largest absolute Gasteiger partial charge is 1.00 e. The van der Waals surface area contributed by atoms with Gasteiger partial charge in [-0.1, -0.05) is 263 Å². The zero-order valence-corrected chi connectivity index (χ0v) is 43.9. The Bertz CT molecular complexity index is 1380. The molecule has 1 rings (SSSR count). The number of esters is 2. The molecule has 7 nitrogen and oxygen atoms in total. The second-order valence-corrected chi connectivity index (χ2v) is 19.2. The van der Waals surface area contributed by atoms with Gasteiger partial charge in [-0.2, -0.15) is 0 Å². The van der Waals surface area contributed by atoms with E-state index in [0.29, 0.717) is 0 Å². The first-order valence-electron chi connectivity index (χ1n) is 26.1. The van der Waals surface area contributed by atoms with E-state index in [0.717, 1.165) is 38.2 Å². The zero-order chi connectivity index (χ0) is 45.0. The molecule has 0 fully saturated rings. The van der Waals surface area contributed by atoms with E-state index in [9.17, 15) is 22.6 Å². The maximum Gasteiger partial charge on any atom is 1.00 e. The predicted octanol–water partition coefficient (Wildman–Crippen LogP) is 13.9. The van der Waals surface area contributed by atoms with Gasteiger partial charge in [0.2, 0.25) is 0 Å². The van der Waals surface area contributed by atoms with Crippen LogP contribution in [0.25, 0.3) is 0 Å². The van der Waals surface area contributed by atoms with E-state index in [1.807, 2.05) is 12.2 Å². The Morgan fingerprint density at radius 1 is 0.444 bits per heavy atom. The van der Waals surface area contributed by atoms with Crippen LogP contribution in [0.1, 0.15) is 279 Å². The quantitative estimate of drug-likeness (QED) is 0.0211. The molecule has 358 valence electrons. The van der Waals surface area contributed by atoms with Gasteiger partial charge in [-0.15, -0.1) is 0 Å². The van der Waals surface area contributed by atoms with Gasteiger partial charge >= 0.3 is 41.5 Å². The second kappa shape index (κ2) is 45.7. The van der Waals surface area contributed by atoms with Gasteiger partial charge in [0, 0.05) is 0 Å². The molecular formula is C54H93NaO7S. The molecule has 0 bridgehead atoms. The third kappa shape index (κ3) is 37.3. The van der Waals surface area contributed by atoms with Crippen molar-refractivity contribution >= 4 is 22.1 Å². The Hall–Kier alpha value is -1.45. The average Bonchev–Trinajstić information content (AvgIpc) is 3.26. The number of carbonyl (C=O) groups is 2. The zero-order valence-electron chi connectivity index (χ0n) is 41.1. The number of hydrogen-bond donors (Lipinski definition) is 0. The van der Waals surface area contributed by atoms with Crippen LogP contribution in [0.15, 0.2) is 47.4 Å². The molecule has 0 amide bonds.